The lowest BCUT2D eigenvalue weighted by molar-refractivity contribution is -0.132. The van der Waals surface area contributed by atoms with Crippen LogP contribution < -0.4 is 9.64 Å². The van der Waals surface area contributed by atoms with Crippen molar-refractivity contribution in [1.29, 1.82) is 0 Å². The van der Waals surface area contributed by atoms with Crippen LogP contribution in [0.5, 0.6) is 5.75 Å². The van der Waals surface area contributed by atoms with Gasteiger partial charge in [-0.1, -0.05) is 31.5 Å². The van der Waals surface area contributed by atoms with Gasteiger partial charge < -0.3 is 9.84 Å². The zero-order chi connectivity index (χ0) is 25.3. The van der Waals surface area contributed by atoms with E-state index in [1.165, 1.54) is 4.90 Å². The Kier molecular flexibility index (Phi) is 6.94. The van der Waals surface area contributed by atoms with Crippen molar-refractivity contribution in [3.8, 4) is 5.75 Å². The van der Waals surface area contributed by atoms with Crippen molar-refractivity contribution in [1.82, 2.24) is 4.98 Å². The third-order valence-corrected chi connectivity index (χ3v) is 6.09. The summed E-state index contributed by atoms with van der Waals surface area (Å²) in [4.78, 5) is 32.4. The van der Waals surface area contributed by atoms with E-state index in [4.69, 9.17) is 16.3 Å². The zero-order valence-electron chi connectivity index (χ0n) is 20.1. The van der Waals surface area contributed by atoms with E-state index in [2.05, 4.69) is 18.8 Å². The molecule has 1 unspecified atom stereocenters. The van der Waals surface area contributed by atoms with E-state index in [9.17, 15) is 14.7 Å². The van der Waals surface area contributed by atoms with Crippen LogP contribution in [-0.2, 0) is 9.59 Å². The maximum Gasteiger partial charge on any atom is 0.300 e. The van der Waals surface area contributed by atoms with Gasteiger partial charge in [0.25, 0.3) is 11.7 Å². The van der Waals surface area contributed by atoms with Crippen LogP contribution in [0.3, 0.4) is 0 Å². The molecule has 0 spiro atoms. The molecule has 0 bridgehead atoms. The summed E-state index contributed by atoms with van der Waals surface area (Å²) in [6, 6.07) is 14.7. The lowest BCUT2D eigenvalue weighted by Crippen LogP contribution is -2.30. The van der Waals surface area contributed by atoms with Gasteiger partial charge in [0.2, 0.25) is 0 Å². The molecule has 6 nitrogen and oxygen atoms in total. The molecule has 1 aliphatic rings. The number of aromatic nitrogens is 1. The molecule has 1 aromatic heterocycles. The van der Waals surface area contributed by atoms with Crippen molar-refractivity contribution in [2.45, 2.75) is 33.7 Å². The van der Waals surface area contributed by atoms with Gasteiger partial charge in [-0.25, -0.2) is 0 Å². The summed E-state index contributed by atoms with van der Waals surface area (Å²) >= 11 is 6.13. The predicted octanol–water partition coefficient (Wildman–Crippen LogP) is 6.01. The van der Waals surface area contributed by atoms with E-state index in [1.54, 1.807) is 60.8 Å². The number of pyridine rings is 1. The molecule has 180 valence electrons. The number of rotatable bonds is 6. The molecule has 0 radical (unpaired) electrons. The first-order valence-electron chi connectivity index (χ1n) is 11.4. The van der Waals surface area contributed by atoms with Crippen LogP contribution in [0.2, 0.25) is 5.02 Å². The number of amides is 1. The maximum absolute atomic E-state index is 13.3. The van der Waals surface area contributed by atoms with E-state index >= 15 is 0 Å². The second-order valence-electron chi connectivity index (χ2n) is 9.04. The predicted molar refractivity (Wildman–Crippen MR) is 137 cm³/mol. The van der Waals surface area contributed by atoms with E-state index in [1.807, 2.05) is 13.8 Å². The summed E-state index contributed by atoms with van der Waals surface area (Å²) in [6.45, 7) is 8.38. The Morgan fingerprint density at radius 1 is 1.09 bits per heavy atom. The summed E-state index contributed by atoms with van der Waals surface area (Å²) in [6.07, 6.45) is 1.59. The molecule has 7 heteroatoms. The van der Waals surface area contributed by atoms with Crippen molar-refractivity contribution >= 4 is 34.7 Å². The minimum absolute atomic E-state index is 0.0155. The van der Waals surface area contributed by atoms with Crippen LogP contribution in [0, 0.1) is 19.8 Å². The van der Waals surface area contributed by atoms with Gasteiger partial charge in [0, 0.05) is 22.5 Å². The third-order valence-electron chi connectivity index (χ3n) is 5.85. The van der Waals surface area contributed by atoms with E-state index < -0.39 is 17.7 Å². The Hall–Kier alpha value is -3.64. The molecule has 1 aliphatic heterocycles. The number of Topliss-reactive ketones (excluding diaryl/α,β-unsaturated/α-hetero) is 1. The fourth-order valence-corrected chi connectivity index (χ4v) is 4.38. The van der Waals surface area contributed by atoms with Crippen molar-refractivity contribution in [2.24, 2.45) is 5.92 Å². The number of aliphatic hydroxyl groups excluding tert-OH is 1. The maximum atomic E-state index is 13.3. The molecular formula is C28H27ClN2O4. The summed E-state index contributed by atoms with van der Waals surface area (Å²) in [7, 11) is 0. The van der Waals surface area contributed by atoms with Crippen LogP contribution in [0.15, 0.2) is 66.4 Å². The standard InChI is InChI=1S/C28H27ClN2O4/c1-16(2)15-35-23-11-8-19(13-18(23)4)26(32)24-25(21-7-5-6-12-30-21)31(28(34)27(24)33)22-10-9-20(29)14-17(22)3/h5-14,16,25,32H,15H2,1-4H3/b26-24+. The highest BCUT2D eigenvalue weighted by atomic mass is 35.5. The summed E-state index contributed by atoms with van der Waals surface area (Å²) < 4.78 is 5.84. The lowest BCUT2D eigenvalue weighted by atomic mass is 9.97. The van der Waals surface area contributed by atoms with Gasteiger partial charge >= 0.3 is 0 Å². The number of nitrogens with zero attached hydrogens (tertiary/aromatic N) is 2. The van der Waals surface area contributed by atoms with Gasteiger partial charge in [0.15, 0.2) is 0 Å². The zero-order valence-corrected chi connectivity index (χ0v) is 20.8. The van der Waals surface area contributed by atoms with Crippen molar-refractivity contribution < 1.29 is 19.4 Å². The fourth-order valence-electron chi connectivity index (χ4n) is 4.16. The van der Waals surface area contributed by atoms with Crippen LogP contribution in [0.4, 0.5) is 5.69 Å². The number of hydrogen-bond donors (Lipinski definition) is 1. The topological polar surface area (TPSA) is 79.7 Å². The SMILES string of the molecule is Cc1cc(/C(O)=C2\C(=O)C(=O)N(c3ccc(Cl)cc3C)C2c2ccccn2)ccc1OCC(C)C. The molecule has 2 aromatic carbocycles. The molecule has 1 atom stereocenters. The lowest BCUT2D eigenvalue weighted by Gasteiger charge is -2.26. The molecular weight excluding hydrogens is 464 g/mol. The van der Waals surface area contributed by atoms with Gasteiger partial charge in [0.1, 0.15) is 17.6 Å². The number of benzene rings is 2. The first-order valence-corrected chi connectivity index (χ1v) is 11.8. The van der Waals surface area contributed by atoms with Crippen LogP contribution >= 0.6 is 11.6 Å². The van der Waals surface area contributed by atoms with Crippen LogP contribution in [0.25, 0.3) is 5.76 Å². The van der Waals surface area contributed by atoms with Gasteiger partial charge in [-0.05, 0) is 79.4 Å². The average molecular weight is 491 g/mol. The van der Waals surface area contributed by atoms with Crippen molar-refractivity contribution in [3.63, 3.8) is 0 Å². The largest absolute Gasteiger partial charge is 0.507 e. The fraction of sp³-hybridized carbons (Fsp3) is 0.250. The Labute approximate surface area is 209 Å². The molecule has 3 aromatic rings. The molecule has 1 amide bonds. The average Bonchev–Trinajstić information content (AvgIpc) is 3.08. The quantitative estimate of drug-likeness (QED) is 0.260. The third kappa shape index (κ3) is 4.80. The van der Waals surface area contributed by atoms with E-state index in [0.29, 0.717) is 40.2 Å². The molecule has 1 saturated heterocycles. The smallest absolute Gasteiger partial charge is 0.300 e. The number of halogens is 1. The second-order valence-corrected chi connectivity index (χ2v) is 9.48. The number of anilines is 1. The molecule has 35 heavy (non-hydrogen) atoms. The van der Waals surface area contributed by atoms with Gasteiger partial charge in [-0.2, -0.15) is 0 Å². The normalized spacial score (nSPS) is 17.3. The van der Waals surface area contributed by atoms with Crippen LogP contribution in [0.1, 0.15) is 42.3 Å². The highest BCUT2D eigenvalue weighted by molar-refractivity contribution is 6.51. The summed E-state index contributed by atoms with van der Waals surface area (Å²) in [5.74, 6) is -0.694. The van der Waals surface area contributed by atoms with E-state index in [-0.39, 0.29) is 11.3 Å². The molecule has 0 saturated carbocycles. The van der Waals surface area contributed by atoms with Crippen molar-refractivity contribution in [2.75, 3.05) is 11.5 Å². The number of carbonyl (C=O) groups excluding carboxylic acids is 2. The van der Waals surface area contributed by atoms with Gasteiger partial charge in [-0.3, -0.25) is 19.5 Å². The molecule has 4 rings (SSSR count). The number of aliphatic hydroxyl groups is 1. The van der Waals surface area contributed by atoms with E-state index in [0.717, 1.165) is 11.1 Å². The highest BCUT2D eigenvalue weighted by Gasteiger charge is 2.48. The number of aryl methyl sites for hydroxylation is 2. The minimum atomic E-state index is -0.895. The van der Waals surface area contributed by atoms with Gasteiger partial charge in [-0.15, -0.1) is 0 Å². The van der Waals surface area contributed by atoms with Crippen molar-refractivity contribution in [3.05, 3.63) is 93.8 Å². The van der Waals surface area contributed by atoms with Crippen LogP contribution in [-0.4, -0.2) is 28.4 Å². The number of hydrogen-bond acceptors (Lipinski definition) is 5. The number of ether oxygens (including phenoxy) is 1. The highest BCUT2D eigenvalue weighted by Crippen LogP contribution is 2.43. The molecule has 0 aliphatic carbocycles. The number of ketones is 1. The Bertz CT molecular complexity index is 1320. The monoisotopic (exact) mass is 490 g/mol. The Morgan fingerprint density at radius 2 is 1.86 bits per heavy atom. The Morgan fingerprint density at radius 3 is 2.49 bits per heavy atom. The molecule has 1 fully saturated rings. The number of carbonyl (C=O) groups is 2. The second kappa shape index (κ2) is 9.92. The molecule has 2 heterocycles. The first kappa shape index (κ1) is 24.5. The minimum Gasteiger partial charge on any atom is -0.507 e. The summed E-state index contributed by atoms with van der Waals surface area (Å²) in [5.41, 5.74) is 2.94. The van der Waals surface area contributed by atoms with Gasteiger partial charge in [0.05, 0.1) is 17.9 Å². The Balaban J connectivity index is 1.85. The first-order chi connectivity index (χ1) is 16.7. The molecule has 1 N–H and O–H groups in total. The summed E-state index contributed by atoms with van der Waals surface area (Å²) in [5, 5.41) is 11.9.